The van der Waals surface area contributed by atoms with Crippen molar-refractivity contribution in [1.29, 1.82) is 0 Å². The summed E-state index contributed by atoms with van der Waals surface area (Å²) in [5, 5.41) is 3.13. The van der Waals surface area contributed by atoms with Crippen LogP contribution < -0.4 is 5.32 Å². The lowest BCUT2D eigenvalue weighted by molar-refractivity contribution is 0.102. The molecular weight excluding hydrogens is 274 g/mol. The minimum Gasteiger partial charge on any atom is -0.358 e. The number of aryl methyl sites for hydroxylation is 1. The molecule has 0 saturated heterocycles. The minimum atomic E-state index is -0.505. The third-order valence-electron chi connectivity index (χ3n) is 3.30. The van der Waals surface area contributed by atoms with Crippen LogP contribution in [-0.4, -0.2) is 10.9 Å². The molecule has 3 nitrogen and oxygen atoms in total. The maximum Gasteiger partial charge on any atom is 0.258 e. The highest BCUT2D eigenvalue weighted by Crippen LogP contribution is 2.24. The van der Waals surface area contributed by atoms with Crippen LogP contribution in [0.5, 0.6) is 0 Å². The Morgan fingerprint density at radius 3 is 2.67 bits per heavy atom. The van der Waals surface area contributed by atoms with Gasteiger partial charge in [-0.15, -0.1) is 0 Å². The molecule has 2 aromatic carbocycles. The Hall–Kier alpha value is -2.69. The average molecular weight is 286 g/mol. The summed E-state index contributed by atoms with van der Waals surface area (Å²) in [4.78, 5) is 15.3. The third kappa shape index (κ3) is 2.38. The number of rotatable bonds is 2. The molecular formula is C16H12F2N2O. The predicted molar refractivity (Wildman–Crippen MR) is 77.3 cm³/mol. The second-order valence-electron chi connectivity index (χ2n) is 4.75. The number of para-hydroxylation sites is 1. The first-order chi connectivity index (χ1) is 10.1. The Morgan fingerprint density at radius 1 is 1.14 bits per heavy atom. The zero-order valence-corrected chi connectivity index (χ0v) is 11.2. The number of carbonyl (C=O) groups is 1. The van der Waals surface area contributed by atoms with E-state index in [1.807, 2.05) is 0 Å². The molecule has 0 saturated carbocycles. The highest BCUT2D eigenvalue weighted by molar-refractivity contribution is 6.13. The first kappa shape index (κ1) is 13.3. The molecule has 0 unspecified atom stereocenters. The van der Waals surface area contributed by atoms with Crippen molar-refractivity contribution >= 4 is 22.5 Å². The zero-order chi connectivity index (χ0) is 15.0. The first-order valence-electron chi connectivity index (χ1n) is 6.40. The van der Waals surface area contributed by atoms with Crippen molar-refractivity contribution in [2.45, 2.75) is 6.92 Å². The Labute approximate surface area is 119 Å². The van der Waals surface area contributed by atoms with Gasteiger partial charge in [0, 0.05) is 16.6 Å². The summed E-state index contributed by atoms with van der Waals surface area (Å²) in [6, 6.07) is 10.1. The maximum absolute atomic E-state index is 13.6. The van der Waals surface area contributed by atoms with Crippen molar-refractivity contribution in [2.24, 2.45) is 0 Å². The number of hydrogen-bond acceptors (Lipinski definition) is 1. The van der Waals surface area contributed by atoms with Gasteiger partial charge in [-0.1, -0.05) is 12.1 Å². The van der Waals surface area contributed by atoms with Gasteiger partial charge in [-0.05, 0) is 37.3 Å². The number of carbonyl (C=O) groups excluding carboxylic acids is 1. The van der Waals surface area contributed by atoms with Crippen molar-refractivity contribution in [3.8, 4) is 0 Å². The normalized spacial score (nSPS) is 10.8. The van der Waals surface area contributed by atoms with Gasteiger partial charge in [0.05, 0.1) is 11.3 Å². The Kier molecular flexibility index (Phi) is 3.17. The summed E-state index contributed by atoms with van der Waals surface area (Å²) in [6.07, 6.45) is 0. The number of fused-ring (bicyclic) bond motifs is 1. The summed E-state index contributed by atoms with van der Waals surface area (Å²) in [7, 11) is 0. The van der Waals surface area contributed by atoms with Gasteiger partial charge in [0.1, 0.15) is 11.6 Å². The van der Waals surface area contributed by atoms with E-state index in [0.717, 1.165) is 0 Å². The fourth-order valence-electron chi connectivity index (χ4n) is 2.34. The number of benzene rings is 2. The zero-order valence-electron chi connectivity index (χ0n) is 11.2. The molecule has 0 aliphatic heterocycles. The summed E-state index contributed by atoms with van der Waals surface area (Å²) in [5.41, 5.74) is 1.63. The molecule has 0 aliphatic carbocycles. The van der Waals surface area contributed by atoms with Gasteiger partial charge in [-0.25, -0.2) is 8.78 Å². The molecule has 21 heavy (non-hydrogen) atoms. The summed E-state index contributed by atoms with van der Waals surface area (Å²) < 4.78 is 26.8. The van der Waals surface area contributed by atoms with Crippen molar-refractivity contribution in [3.63, 3.8) is 0 Å². The van der Waals surface area contributed by atoms with Crippen LogP contribution in [0.4, 0.5) is 14.5 Å². The Balaban J connectivity index is 2.02. The lowest BCUT2D eigenvalue weighted by Crippen LogP contribution is -2.13. The largest absolute Gasteiger partial charge is 0.358 e. The van der Waals surface area contributed by atoms with Crippen LogP contribution in [0.3, 0.4) is 0 Å². The maximum atomic E-state index is 13.6. The Bertz CT molecular complexity index is 839. The van der Waals surface area contributed by atoms with Gasteiger partial charge >= 0.3 is 0 Å². The van der Waals surface area contributed by atoms with E-state index in [0.29, 0.717) is 22.2 Å². The molecule has 2 N–H and O–H groups in total. The second kappa shape index (κ2) is 5.01. The second-order valence-corrected chi connectivity index (χ2v) is 4.75. The van der Waals surface area contributed by atoms with Crippen molar-refractivity contribution in [3.05, 3.63) is 65.4 Å². The molecule has 3 rings (SSSR count). The van der Waals surface area contributed by atoms with E-state index in [4.69, 9.17) is 0 Å². The van der Waals surface area contributed by atoms with E-state index in [2.05, 4.69) is 10.3 Å². The number of amides is 1. The lowest BCUT2D eigenvalue weighted by atomic mass is 10.1. The number of halogens is 2. The number of hydrogen-bond donors (Lipinski definition) is 2. The van der Waals surface area contributed by atoms with E-state index < -0.39 is 11.7 Å². The molecule has 0 atom stereocenters. The standard InChI is InChI=1S/C16H12F2N2O/c1-9-15(11-7-6-10(17)8-14(11)19-9)16(21)20-13-5-3-2-4-12(13)18/h2-8,19H,1H3,(H,20,21). The van der Waals surface area contributed by atoms with E-state index in [9.17, 15) is 13.6 Å². The number of aromatic amines is 1. The lowest BCUT2D eigenvalue weighted by Gasteiger charge is -2.06. The third-order valence-corrected chi connectivity index (χ3v) is 3.30. The van der Waals surface area contributed by atoms with Crippen LogP contribution >= 0.6 is 0 Å². The summed E-state index contributed by atoms with van der Waals surface area (Å²) in [6.45, 7) is 1.72. The first-order valence-corrected chi connectivity index (χ1v) is 6.40. The van der Waals surface area contributed by atoms with Gasteiger partial charge in [0.15, 0.2) is 0 Å². The van der Waals surface area contributed by atoms with Crippen LogP contribution in [0.25, 0.3) is 10.9 Å². The Morgan fingerprint density at radius 2 is 1.90 bits per heavy atom. The van der Waals surface area contributed by atoms with Crippen LogP contribution in [0, 0.1) is 18.6 Å². The van der Waals surface area contributed by atoms with Crippen molar-refractivity contribution < 1.29 is 13.6 Å². The number of aromatic nitrogens is 1. The monoisotopic (exact) mass is 286 g/mol. The smallest absolute Gasteiger partial charge is 0.258 e. The fraction of sp³-hybridized carbons (Fsp3) is 0.0625. The van der Waals surface area contributed by atoms with Crippen molar-refractivity contribution in [1.82, 2.24) is 4.98 Å². The van der Waals surface area contributed by atoms with Gasteiger partial charge < -0.3 is 10.3 Å². The topological polar surface area (TPSA) is 44.9 Å². The summed E-state index contributed by atoms with van der Waals surface area (Å²) in [5.74, 6) is -1.32. The van der Waals surface area contributed by atoms with Crippen molar-refractivity contribution in [2.75, 3.05) is 5.32 Å². The number of anilines is 1. The molecule has 1 aromatic heterocycles. The van der Waals surface area contributed by atoms with Gasteiger partial charge in [-0.2, -0.15) is 0 Å². The average Bonchev–Trinajstić information content (AvgIpc) is 2.76. The van der Waals surface area contributed by atoms with Gasteiger partial charge in [0.25, 0.3) is 5.91 Å². The van der Waals surface area contributed by atoms with Gasteiger partial charge in [0.2, 0.25) is 0 Å². The fourth-order valence-corrected chi connectivity index (χ4v) is 2.34. The molecule has 0 fully saturated rings. The number of H-pyrrole nitrogens is 1. The van der Waals surface area contributed by atoms with E-state index in [1.54, 1.807) is 19.1 Å². The minimum absolute atomic E-state index is 0.110. The highest BCUT2D eigenvalue weighted by atomic mass is 19.1. The molecule has 5 heteroatoms. The predicted octanol–water partition coefficient (Wildman–Crippen LogP) is 4.01. The summed E-state index contributed by atoms with van der Waals surface area (Å²) >= 11 is 0. The molecule has 3 aromatic rings. The van der Waals surface area contributed by atoms with E-state index >= 15 is 0 Å². The molecule has 1 heterocycles. The molecule has 0 radical (unpaired) electrons. The van der Waals surface area contributed by atoms with Crippen LogP contribution in [0.2, 0.25) is 0 Å². The molecule has 106 valence electrons. The number of nitrogens with one attached hydrogen (secondary N) is 2. The van der Waals surface area contributed by atoms with Crippen LogP contribution in [0.1, 0.15) is 16.1 Å². The SMILES string of the molecule is Cc1[nH]c2cc(F)ccc2c1C(=O)Nc1ccccc1F. The molecule has 0 bridgehead atoms. The highest BCUT2D eigenvalue weighted by Gasteiger charge is 2.17. The van der Waals surface area contributed by atoms with Gasteiger partial charge in [-0.3, -0.25) is 4.79 Å². The van der Waals surface area contributed by atoms with Crippen LogP contribution in [-0.2, 0) is 0 Å². The quantitative estimate of drug-likeness (QED) is 0.734. The molecule has 0 aliphatic rings. The molecule has 0 spiro atoms. The van der Waals surface area contributed by atoms with E-state index in [-0.39, 0.29) is 11.5 Å². The van der Waals surface area contributed by atoms with Crippen LogP contribution in [0.15, 0.2) is 42.5 Å². The van der Waals surface area contributed by atoms with E-state index in [1.165, 1.54) is 30.3 Å². The molecule has 1 amide bonds.